The van der Waals surface area contributed by atoms with E-state index >= 15 is 0 Å². The molecule has 0 aromatic heterocycles. The summed E-state index contributed by atoms with van der Waals surface area (Å²) in [6.45, 7) is 7.32. The summed E-state index contributed by atoms with van der Waals surface area (Å²) in [5.74, 6) is 0. The van der Waals surface area contributed by atoms with Gasteiger partial charge in [-0.15, -0.1) is 0 Å². The molecule has 3 nitrogen and oxygen atoms in total. The molecule has 1 rings (SSSR count). The van der Waals surface area contributed by atoms with E-state index in [0.29, 0.717) is 18.7 Å². The van der Waals surface area contributed by atoms with Crippen LogP contribution in [0.25, 0.3) is 0 Å². The molecule has 0 aliphatic heterocycles. The second-order valence-electron chi connectivity index (χ2n) is 5.32. The van der Waals surface area contributed by atoms with Gasteiger partial charge < -0.3 is 10.4 Å². The van der Waals surface area contributed by atoms with Gasteiger partial charge >= 0.3 is 0 Å². The first-order chi connectivity index (χ1) is 7.93. The molecule has 1 atom stereocenters. The molecule has 1 aromatic rings. The molecule has 0 heterocycles. The van der Waals surface area contributed by atoms with E-state index < -0.39 is 0 Å². The van der Waals surface area contributed by atoms with Gasteiger partial charge in [-0.3, -0.25) is 0 Å². The number of nitrogens with one attached hydrogen (secondary N) is 1. The van der Waals surface area contributed by atoms with E-state index in [9.17, 15) is 5.11 Å². The number of aliphatic hydroxyl groups excluding tert-OH is 1. The lowest BCUT2D eigenvalue weighted by Crippen LogP contribution is -2.36. The zero-order chi connectivity index (χ0) is 12.9. The molecule has 0 fully saturated rings. The second kappa shape index (κ2) is 5.81. The number of aliphatic hydroxyl groups is 1. The van der Waals surface area contributed by atoms with Crippen LogP contribution in [0.2, 0.25) is 0 Å². The Balaban J connectivity index is 2.39. The van der Waals surface area contributed by atoms with Crippen molar-refractivity contribution in [2.75, 3.05) is 6.54 Å². The summed E-state index contributed by atoms with van der Waals surface area (Å²) in [7, 11) is 0. The predicted octanol–water partition coefficient (Wildman–Crippen LogP) is 2.05. The average molecular weight is 232 g/mol. The van der Waals surface area contributed by atoms with Gasteiger partial charge in [-0.05, 0) is 23.1 Å². The number of hydrogen-bond acceptors (Lipinski definition) is 3. The van der Waals surface area contributed by atoms with Crippen LogP contribution >= 0.6 is 0 Å². The van der Waals surface area contributed by atoms with Crippen molar-refractivity contribution in [3.8, 4) is 6.07 Å². The summed E-state index contributed by atoms with van der Waals surface area (Å²) in [5, 5.41) is 21.7. The maximum absolute atomic E-state index is 9.84. The highest BCUT2D eigenvalue weighted by Crippen LogP contribution is 2.18. The standard InChI is InChI=1S/C14H20N2O/c1-14(2,3)13(17)10-16-9-12-6-4-11(8-15)5-7-12/h4-7,13,16-17H,9-10H2,1-3H3. The summed E-state index contributed by atoms with van der Waals surface area (Å²) in [6.07, 6.45) is -0.360. The average Bonchev–Trinajstić information content (AvgIpc) is 2.28. The fraction of sp³-hybridized carbons (Fsp3) is 0.500. The van der Waals surface area contributed by atoms with E-state index in [2.05, 4.69) is 11.4 Å². The number of nitrogens with zero attached hydrogens (tertiary/aromatic N) is 1. The smallest absolute Gasteiger partial charge is 0.0991 e. The molecule has 0 saturated heterocycles. The van der Waals surface area contributed by atoms with Crippen molar-refractivity contribution >= 4 is 0 Å². The van der Waals surface area contributed by atoms with Crippen molar-refractivity contribution in [2.24, 2.45) is 5.41 Å². The molecule has 0 saturated carbocycles. The highest BCUT2D eigenvalue weighted by Gasteiger charge is 2.21. The van der Waals surface area contributed by atoms with Crippen molar-refractivity contribution in [3.05, 3.63) is 35.4 Å². The van der Waals surface area contributed by atoms with Gasteiger partial charge in [0.05, 0.1) is 17.7 Å². The van der Waals surface area contributed by atoms with Crippen molar-refractivity contribution in [2.45, 2.75) is 33.4 Å². The SMILES string of the molecule is CC(C)(C)C(O)CNCc1ccc(C#N)cc1. The highest BCUT2D eigenvalue weighted by atomic mass is 16.3. The van der Waals surface area contributed by atoms with Gasteiger partial charge in [-0.1, -0.05) is 32.9 Å². The highest BCUT2D eigenvalue weighted by molar-refractivity contribution is 5.31. The Kier molecular flexibility index (Phi) is 4.68. The molecule has 1 aromatic carbocycles. The summed E-state index contributed by atoms with van der Waals surface area (Å²) >= 11 is 0. The topological polar surface area (TPSA) is 56.0 Å². The minimum Gasteiger partial charge on any atom is -0.391 e. The van der Waals surface area contributed by atoms with Crippen LogP contribution in [0.5, 0.6) is 0 Å². The van der Waals surface area contributed by atoms with Crippen molar-refractivity contribution < 1.29 is 5.11 Å². The van der Waals surface area contributed by atoms with Crippen LogP contribution in [0.4, 0.5) is 0 Å². The van der Waals surface area contributed by atoms with E-state index in [1.165, 1.54) is 0 Å². The summed E-state index contributed by atoms with van der Waals surface area (Å²) < 4.78 is 0. The van der Waals surface area contributed by atoms with Crippen LogP contribution < -0.4 is 5.32 Å². The molecule has 3 heteroatoms. The van der Waals surface area contributed by atoms with Gasteiger partial charge in [0, 0.05) is 13.1 Å². The van der Waals surface area contributed by atoms with Crippen LogP contribution in [0.1, 0.15) is 31.9 Å². The zero-order valence-electron chi connectivity index (χ0n) is 10.7. The van der Waals surface area contributed by atoms with Crippen molar-refractivity contribution in [1.29, 1.82) is 5.26 Å². The fourth-order valence-electron chi connectivity index (χ4n) is 1.36. The number of hydrogen-bond donors (Lipinski definition) is 2. The Bertz CT molecular complexity index is 384. The van der Waals surface area contributed by atoms with Crippen LogP contribution in [-0.4, -0.2) is 17.8 Å². The minimum absolute atomic E-state index is 0.0995. The normalized spacial score (nSPS) is 13.1. The molecular weight excluding hydrogens is 212 g/mol. The lowest BCUT2D eigenvalue weighted by atomic mass is 9.89. The Hall–Kier alpha value is -1.37. The Labute approximate surface area is 103 Å². The van der Waals surface area contributed by atoms with E-state index in [1.807, 2.05) is 32.9 Å². The van der Waals surface area contributed by atoms with Gasteiger partial charge in [0.2, 0.25) is 0 Å². The van der Waals surface area contributed by atoms with Crippen LogP contribution in [0.3, 0.4) is 0 Å². The van der Waals surface area contributed by atoms with Gasteiger partial charge in [0.1, 0.15) is 0 Å². The van der Waals surface area contributed by atoms with Gasteiger partial charge in [0.25, 0.3) is 0 Å². The first kappa shape index (κ1) is 13.7. The molecule has 92 valence electrons. The van der Waals surface area contributed by atoms with Gasteiger partial charge in [-0.25, -0.2) is 0 Å². The third kappa shape index (κ3) is 4.56. The van der Waals surface area contributed by atoms with Crippen LogP contribution in [0.15, 0.2) is 24.3 Å². The largest absolute Gasteiger partial charge is 0.391 e. The third-order valence-corrected chi connectivity index (χ3v) is 2.75. The van der Waals surface area contributed by atoms with Crippen molar-refractivity contribution in [3.63, 3.8) is 0 Å². The number of rotatable bonds is 4. The number of benzene rings is 1. The molecule has 0 amide bonds. The molecular formula is C14H20N2O. The molecule has 0 aliphatic rings. The lowest BCUT2D eigenvalue weighted by molar-refractivity contribution is 0.0628. The first-order valence-electron chi connectivity index (χ1n) is 5.81. The zero-order valence-corrected chi connectivity index (χ0v) is 10.7. The van der Waals surface area contributed by atoms with Crippen molar-refractivity contribution in [1.82, 2.24) is 5.32 Å². The maximum Gasteiger partial charge on any atom is 0.0991 e. The minimum atomic E-state index is -0.360. The van der Waals surface area contributed by atoms with Gasteiger partial charge in [-0.2, -0.15) is 5.26 Å². The van der Waals surface area contributed by atoms with E-state index in [-0.39, 0.29) is 11.5 Å². The predicted molar refractivity (Wildman–Crippen MR) is 68.3 cm³/mol. The van der Waals surface area contributed by atoms with Gasteiger partial charge in [0.15, 0.2) is 0 Å². The monoisotopic (exact) mass is 232 g/mol. The maximum atomic E-state index is 9.84. The summed E-state index contributed by atoms with van der Waals surface area (Å²) in [5.41, 5.74) is 1.69. The molecule has 2 N–H and O–H groups in total. The van der Waals surface area contributed by atoms with Crippen LogP contribution in [-0.2, 0) is 6.54 Å². The molecule has 0 bridgehead atoms. The van der Waals surface area contributed by atoms with Crippen LogP contribution in [0, 0.1) is 16.7 Å². The number of nitriles is 1. The van der Waals surface area contributed by atoms with E-state index in [1.54, 1.807) is 12.1 Å². The summed E-state index contributed by atoms with van der Waals surface area (Å²) in [6, 6.07) is 9.54. The molecule has 0 radical (unpaired) electrons. The molecule has 17 heavy (non-hydrogen) atoms. The third-order valence-electron chi connectivity index (χ3n) is 2.75. The summed E-state index contributed by atoms with van der Waals surface area (Å²) in [4.78, 5) is 0. The molecule has 0 aliphatic carbocycles. The second-order valence-corrected chi connectivity index (χ2v) is 5.32. The Morgan fingerprint density at radius 3 is 2.35 bits per heavy atom. The van der Waals surface area contributed by atoms with E-state index in [4.69, 9.17) is 5.26 Å². The lowest BCUT2D eigenvalue weighted by Gasteiger charge is -2.26. The Morgan fingerprint density at radius 2 is 1.88 bits per heavy atom. The Morgan fingerprint density at radius 1 is 1.29 bits per heavy atom. The quantitative estimate of drug-likeness (QED) is 0.835. The fourth-order valence-corrected chi connectivity index (χ4v) is 1.36. The van der Waals surface area contributed by atoms with E-state index in [0.717, 1.165) is 5.56 Å². The molecule has 1 unspecified atom stereocenters. The first-order valence-corrected chi connectivity index (χ1v) is 5.81. The molecule has 0 spiro atoms.